The minimum atomic E-state index is -0.565. The topological polar surface area (TPSA) is 64.0 Å². The van der Waals surface area contributed by atoms with Crippen LogP contribution in [0.25, 0.3) is 0 Å². The van der Waals surface area contributed by atoms with Gasteiger partial charge in [-0.25, -0.2) is 0 Å². The maximum atomic E-state index is 11.7. The van der Waals surface area contributed by atoms with Gasteiger partial charge < -0.3 is 15.1 Å². The molecule has 0 saturated carbocycles. The molecule has 1 heterocycles. The first-order chi connectivity index (χ1) is 7.63. The Labute approximate surface area is 96.7 Å². The summed E-state index contributed by atoms with van der Waals surface area (Å²) in [7, 11) is 0. The lowest BCUT2D eigenvalue weighted by molar-refractivity contribution is -0.132. The molecule has 94 valence electrons. The van der Waals surface area contributed by atoms with Crippen molar-refractivity contribution >= 4 is 5.91 Å². The number of amides is 1. The van der Waals surface area contributed by atoms with Gasteiger partial charge in [0.2, 0.25) is 5.91 Å². The van der Waals surface area contributed by atoms with Crippen LogP contribution in [0, 0.1) is 0 Å². The van der Waals surface area contributed by atoms with E-state index in [9.17, 15) is 4.79 Å². The number of hydrogen-bond donors (Lipinski definition) is 2. The normalized spacial score (nSPS) is 20.6. The fourth-order valence-electron chi connectivity index (χ4n) is 1.97. The van der Waals surface area contributed by atoms with Gasteiger partial charge in [0, 0.05) is 26.2 Å². The highest BCUT2D eigenvalue weighted by Gasteiger charge is 2.19. The molecule has 1 aliphatic heterocycles. The van der Waals surface area contributed by atoms with E-state index in [2.05, 4.69) is 4.90 Å². The first-order valence-electron chi connectivity index (χ1n) is 5.92. The van der Waals surface area contributed by atoms with E-state index in [4.69, 9.17) is 10.2 Å². The van der Waals surface area contributed by atoms with Crippen LogP contribution in [-0.4, -0.2) is 71.4 Å². The number of nitrogens with zero attached hydrogens (tertiary/aromatic N) is 2. The quantitative estimate of drug-likeness (QED) is 0.669. The first-order valence-corrected chi connectivity index (χ1v) is 5.92. The molecule has 0 aromatic carbocycles. The number of β-amino-alcohol motifs (C(OH)–C–C–N with tert-alkyl or cyclic N) is 1. The molecular weight excluding hydrogens is 208 g/mol. The lowest BCUT2D eigenvalue weighted by Crippen LogP contribution is -2.37. The predicted octanol–water partition coefficient (Wildman–Crippen LogP) is -0.716. The maximum absolute atomic E-state index is 11.7. The Kier molecular flexibility index (Phi) is 5.73. The van der Waals surface area contributed by atoms with Crippen molar-refractivity contribution in [3.63, 3.8) is 0 Å². The molecule has 0 radical (unpaired) electrons. The van der Waals surface area contributed by atoms with Gasteiger partial charge in [-0.05, 0) is 19.9 Å². The van der Waals surface area contributed by atoms with Gasteiger partial charge in [0.25, 0.3) is 0 Å². The van der Waals surface area contributed by atoms with Gasteiger partial charge in [0.15, 0.2) is 0 Å². The zero-order chi connectivity index (χ0) is 12.0. The van der Waals surface area contributed by atoms with E-state index in [1.54, 1.807) is 6.92 Å². The Bertz CT molecular complexity index is 221. The Morgan fingerprint density at radius 3 is 2.69 bits per heavy atom. The van der Waals surface area contributed by atoms with Crippen molar-refractivity contribution in [1.82, 2.24) is 9.80 Å². The van der Waals surface area contributed by atoms with E-state index in [0.717, 1.165) is 26.1 Å². The summed E-state index contributed by atoms with van der Waals surface area (Å²) < 4.78 is 0. The predicted molar refractivity (Wildman–Crippen MR) is 61.0 cm³/mol. The SMILES string of the molecule is CC(O)CC(=O)N1CCCN(CCO)CC1. The summed E-state index contributed by atoms with van der Waals surface area (Å²) in [5.74, 6) is 0.0286. The molecular formula is C11H22N2O3. The Balaban J connectivity index is 2.37. The third-order valence-electron chi connectivity index (χ3n) is 2.83. The molecule has 2 N–H and O–H groups in total. The number of aliphatic hydroxyl groups excluding tert-OH is 2. The number of aliphatic hydroxyl groups is 2. The summed E-state index contributed by atoms with van der Waals surface area (Å²) in [6.07, 6.45) is 0.579. The second-order valence-electron chi connectivity index (χ2n) is 4.35. The van der Waals surface area contributed by atoms with Crippen LogP contribution >= 0.6 is 0 Å². The van der Waals surface area contributed by atoms with Crippen molar-refractivity contribution in [1.29, 1.82) is 0 Å². The fourth-order valence-corrected chi connectivity index (χ4v) is 1.97. The van der Waals surface area contributed by atoms with Crippen molar-refractivity contribution in [3.05, 3.63) is 0 Å². The number of carbonyl (C=O) groups excluding carboxylic acids is 1. The summed E-state index contributed by atoms with van der Waals surface area (Å²) in [6, 6.07) is 0. The van der Waals surface area contributed by atoms with E-state index >= 15 is 0 Å². The molecule has 1 amide bonds. The van der Waals surface area contributed by atoms with Gasteiger partial charge in [0.05, 0.1) is 19.1 Å². The van der Waals surface area contributed by atoms with Crippen LogP contribution in [0.5, 0.6) is 0 Å². The monoisotopic (exact) mass is 230 g/mol. The number of hydrogen-bond acceptors (Lipinski definition) is 4. The minimum absolute atomic E-state index is 0.0286. The van der Waals surface area contributed by atoms with Crippen LogP contribution in [0.2, 0.25) is 0 Å². The lowest BCUT2D eigenvalue weighted by Gasteiger charge is -2.22. The molecule has 0 spiro atoms. The van der Waals surface area contributed by atoms with Crippen LogP contribution in [0.3, 0.4) is 0 Å². The van der Waals surface area contributed by atoms with Gasteiger partial charge in [-0.3, -0.25) is 9.69 Å². The van der Waals surface area contributed by atoms with Crippen LogP contribution < -0.4 is 0 Å². The van der Waals surface area contributed by atoms with E-state index in [1.807, 2.05) is 4.90 Å². The van der Waals surface area contributed by atoms with Crippen molar-refractivity contribution in [2.75, 3.05) is 39.3 Å². The molecule has 16 heavy (non-hydrogen) atoms. The van der Waals surface area contributed by atoms with Gasteiger partial charge in [-0.1, -0.05) is 0 Å². The Morgan fingerprint density at radius 2 is 2.06 bits per heavy atom. The molecule has 0 aromatic rings. The molecule has 5 heteroatoms. The minimum Gasteiger partial charge on any atom is -0.395 e. The molecule has 1 fully saturated rings. The average Bonchev–Trinajstić information content (AvgIpc) is 2.43. The molecule has 1 saturated heterocycles. The molecule has 1 atom stereocenters. The van der Waals surface area contributed by atoms with Crippen LogP contribution in [0.4, 0.5) is 0 Å². The highest BCUT2D eigenvalue weighted by Crippen LogP contribution is 2.05. The summed E-state index contributed by atoms with van der Waals surface area (Å²) in [5, 5.41) is 18.0. The average molecular weight is 230 g/mol. The molecule has 0 aliphatic carbocycles. The van der Waals surface area contributed by atoms with E-state index in [0.29, 0.717) is 13.1 Å². The molecule has 1 rings (SSSR count). The highest BCUT2D eigenvalue weighted by molar-refractivity contribution is 5.76. The lowest BCUT2D eigenvalue weighted by atomic mass is 10.2. The number of rotatable bonds is 4. The summed E-state index contributed by atoms with van der Waals surface area (Å²) in [4.78, 5) is 15.7. The van der Waals surface area contributed by atoms with Gasteiger partial charge >= 0.3 is 0 Å². The van der Waals surface area contributed by atoms with E-state index < -0.39 is 6.10 Å². The molecule has 1 aliphatic rings. The van der Waals surface area contributed by atoms with Crippen molar-refractivity contribution in [2.24, 2.45) is 0 Å². The first kappa shape index (κ1) is 13.4. The second kappa shape index (κ2) is 6.83. The molecule has 5 nitrogen and oxygen atoms in total. The van der Waals surface area contributed by atoms with E-state index in [1.165, 1.54) is 0 Å². The third kappa shape index (κ3) is 4.47. The Hall–Kier alpha value is -0.650. The van der Waals surface area contributed by atoms with Crippen molar-refractivity contribution < 1.29 is 15.0 Å². The highest BCUT2D eigenvalue weighted by atomic mass is 16.3. The molecule has 0 aromatic heterocycles. The number of carbonyl (C=O) groups is 1. The van der Waals surface area contributed by atoms with Gasteiger partial charge in [-0.15, -0.1) is 0 Å². The third-order valence-corrected chi connectivity index (χ3v) is 2.83. The van der Waals surface area contributed by atoms with E-state index in [-0.39, 0.29) is 18.9 Å². The standard InChI is InChI=1S/C11H22N2O3/c1-10(15)9-11(16)13-4-2-3-12(5-6-13)7-8-14/h10,14-15H,2-9H2,1H3. The fraction of sp³-hybridized carbons (Fsp3) is 0.909. The van der Waals surface area contributed by atoms with Crippen LogP contribution in [0.1, 0.15) is 19.8 Å². The van der Waals surface area contributed by atoms with Gasteiger partial charge in [0.1, 0.15) is 0 Å². The zero-order valence-electron chi connectivity index (χ0n) is 9.93. The summed E-state index contributed by atoms with van der Waals surface area (Å²) in [6.45, 7) is 5.68. The largest absolute Gasteiger partial charge is 0.395 e. The summed E-state index contributed by atoms with van der Waals surface area (Å²) >= 11 is 0. The van der Waals surface area contributed by atoms with Crippen LogP contribution in [0.15, 0.2) is 0 Å². The summed E-state index contributed by atoms with van der Waals surface area (Å²) in [5.41, 5.74) is 0. The maximum Gasteiger partial charge on any atom is 0.225 e. The van der Waals surface area contributed by atoms with Crippen molar-refractivity contribution in [2.45, 2.75) is 25.9 Å². The molecule has 0 bridgehead atoms. The second-order valence-corrected chi connectivity index (χ2v) is 4.35. The van der Waals surface area contributed by atoms with Crippen LogP contribution in [-0.2, 0) is 4.79 Å². The smallest absolute Gasteiger partial charge is 0.225 e. The van der Waals surface area contributed by atoms with Crippen molar-refractivity contribution in [3.8, 4) is 0 Å². The Morgan fingerprint density at radius 1 is 1.31 bits per heavy atom. The van der Waals surface area contributed by atoms with Gasteiger partial charge in [-0.2, -0.15) is 0 Å². The molecule has 1 unspecified atom stereocenters. The zero-order valence-corrected chi connectivity index (χ0v) is 9.93.